The van der Waals surface area contributed by atoms with Crippen LogP contribution in [0, 0.1) is 10.1 Å². The lowest BCUT2D eigenvalue weighted by atomic mass is 10.1. The molecule has 5 heteroatoms. The van der Waals surface area contributed by atoms with Crippen molar-refractivity contribution in [3.63, 3.8) is 0 Å². The third-order valence-corrected chi connectivity index (χ3v) is 4.09. The van der Waals surface area contributed by atoms with Crippen LogP contribution in [-0.4, -0.2) is 17.5 Å². The van der Waals surface area contributed by atoms with Crippen molar-refractivity contribution in [2.24, 2.45) is 5.73 Å². The summed E-state index contributed by atoms with van der Waals surface area (Å²) in [5, 5.41) is 10.8. The normalized spacial score (nSPS) is 23.4. The molecule has 3 rings (SSSR count). The number of rotatable bonds is 2. The highest BCUT2D eigenvalue weighted by Crippen LogP contribution is 2.40. The molecule has 2 N–H and O–H groups in total. The number of nitro benzene ring substituents is 1. The molecule has 1 aromatic carbocycles. The number of benzene rings is 1. The fourth-order valence-corrected chi connectivity index (χ4v) is 3.18. The first-order valence-corrected chi connectivity index (χ1v) is 6.47. The van der Waals surface area contributed by atoms with Crippen LogP contribution in [0.25, 0.3) is 0 Å². The van der Waals surface area contributed by atoms with Crippen molar-refractivity contribution in [3.05, 3.63) is 33.9 Å². The average Bonchev–Trinajstić information content (AvgIpc) is 2.97. The summed E-state index contributed by atoms with van der Waals surface area (Å²) in [5.41, 5.74) is 8.27. The minimum absolute atomic E-state index is 0.0968. The third-order valence-electron chi connectivity index (χ3n) is 4.09. The smallest absolute Gasteiger partial charge is 0.269 e. The van der Waals surface area contributed by atoms with E-state index in [0.717, 1.165) is 17.8 Å². The number of hydrogen-bond donors (Lipinski definition) is 1. The molecule has 1 fully saturated rings. The molecular weight excluding hydrogens is 230 g/mol. The van der Waals surface area contributed by atoms with Gasteiger partial charge in [-0.15, -0.1) is 0 Å². The number of anilines is 1. The van der Waals surface area contributed by atoms with Crippen LogP contribution in [0.5, 0.6) is 0 Å². The van der Waals surface area contributed by atoms with E-state index in [2.05, 4.69) is 4.90 Å². The molecule has 0 radical (unpaired) electrons. The lowest BCUT2D eigenvalue weighted by molar-refractivity contribution is -0.384. The molecule has 0 amide bonds. The maximum Gasteiger partial charge on any atom is 0.269 e. The van der Waals surface area contributed by atoms with Gasteiger partial charge in [0.15, 0.2) is 0 Å². The maximum atomic E-state index is 10.8. The van der Waals surface area contributed by atoms with Crippen molar-refractivity contribution >= 4 is 11.4 Å². The van der Waals surface area contributed by atoms with Gasteiger partial charge in [0.05, 0.1) is 4.92 Å². The van der Waals surface area contributed by atoms with Crippen LogP contribution in [0.3, 0.4) is 0 Å². The van der Waals surface area contributed by atoms with Crippen molar-refractivity contribution in [3.8, 4) is 0 Å². The van der Waals surface area contributed by atoms with Gasteiger partial charge >= 0.3 is 0 Å². The highest BCUT2D eigenvalue weighted by Gasteiger charge is 2.33. The largest absolute Gasteiger partial charge is 0.366 e. The highest BCUT2D eigenvalue weighted by molar-refractivity contribution is 5.63. The number of nitrogens with zero attached hydrogens (tertiary/aromatic N) is 2. The predicted molar refractivity (Wildman–Crippen MR) is 69.6 cm³/mol. The van der Waals surface area contributed by atoms with Crippen LogP contribution in [0.15, 0.2) is 18.2 Å². The summed E-state index contributed by atoms with van der Waals surface area (Å²) in [6.07, 6.45) is 4.98. The Bertz CT molecular complexity index is 483. The van der Waals surface area contributed by atoms with Gasteiger partial charge in [0.2, 0.25) is 0 Å². The highest BCUT2D eigenvalue weighted by atomic mass is 16.6. The van der Waals surface area contributed by atoms with Gasteiger partial charge in [0.25, 0.3) is 5.69 Å². The molecule has 2 aliphatic rings. The number of nitro groups is 1. The Morgan fingerprint density at radius 3 is 2.72 bits per heavy atom. The topological polar surface area (TPSA) is 72.4 Å². The van der Waals surface area contributed by atoms with Crippen molar-refractivity contribution < 1.29 is 4.92 Å². The molecule has 0 saturated heterocycles. The number of nitrogens with two attached hydrogens (primary N) is 1. The first-order valence-electron chi connectivity index (χ1n) is 6.47. The van der Waals surface area contributed by atoms with Crippen molar-refractivity contribution in [1.29, 1.82) is 0 Å². The van der Waals surface area contributed by atoms with E-state index >= 15 is 0 Å². The summed E-state index contributed by atoms with van der Waals surface area (Å²) in [7, 11) is 0. The molecule has 18 heavy (non-hydrogen) atoms. The fraction of sp³-hybridized carbons (Fsp3) is 0.538. The van der Waals surface area contributed by atoms with E-state index in [0.29, 0.717) is 6.04 Å². The maximum absolute atomic E-state index is 10.8. The van der Waals surface area contributed by atoms with Gasteiger partial charge < -0.3 is 10.6 Å². The summed E-state index contributed by atoms with van der Waals surface area (Å²) in [6.45, 7) is 0.793. The Morgan fingerprint density at radius 1 is 1.33 bits per heavy atom. The van der Waals surface area contributed by atoms with Crippen molar-refractivity contribution in [1.82, 2.24) is 0 Å². The number of fused-ring (bicyclic) bond motifs is 1. The lowest BCUT2D eigenvalue weighted by Gasteiger charge is -2.26. The van der Waals surface area contributed by atoms with Crippen LogP contribution in [0.4, 0.5) is 11.4 Å². The minimum Gasteiger partial charge on any atom is -0.366 e. The first kappa shape index (κ1) is 11.5. The Balaban J connectivity index is 1.95. The monoisotopic (exact) mass is 247 g/mol. The van der Waals surface area contributed by atoms with Gasteiger partial charge in [0, 0.05) is 42.0 Å². The van der Waals surface area contributed by atoms with Gasteiger partial charge in [-0.25, -0.2) is 0 Å². The molecule has 96 valence electrons. The van der Waals surface area contributed by atoms with Gasteiger partial charge in [-0.2, -0.15) is 0 Å². The fourth-order valence-electron chi connectivity index (χ4n) is 3.18. The zero-order valence-electron chi connectivity index (χ0n) is 10.2. The first-order chi connectivity index (χ1) is 8.66. The second kappa shape index (κ2) is 4.24. The molecule has 1 atom stereocenters. The van der Waals surface area contributed by atoms with Crippen LogP contribution >= 0.6 is 0 Å². The Kier molecular flexibility index (Phi) is 2.70. The van der Waals surface area contributed by atoms with Crippen LogP contribution in [0.1, 0.15) is 37.3 Å². The number of hydrogen-bond acceptors (Lipinski definition) is 4. The Labute approximate surface area is 106 Å². The van der Waals surface area contributed by atoms with E-state index in [1.54, 1.807) is 12.1 Å². The Morgan fingerprint density at radius 2 is 2.06 bits per heavy atom. The molecule has 1 aromatic rings. The van der Waals surface area contributed by atoms with Crippen molar-refractivity contribution in [2.75, 3.05) is 11.4 Å². The molecule has 1 saturated carbocycles. The van der Waals surface area contributed by atoms with E-state index in [1.165, 1.54) is 25.7 Å². The van der Waals surface area contributed by atoms with Gasteiger partial charge in [-0.1, -0.05) is 12.8 Å². The molecule has 1 aliphatic heterocycles. The van der Waals surface area contributed by atoms with Crippen LogP contribution in [0.2, 0.25) is 0 Å². The van der Waals surface area contributed by atoms with E-state index in [1.807, 2.05) is 6.07 Å². The summed E-state index contributed by atoms with van der Waals surface area (Å²) in [5.74, 6) is 0. The zero-order chi connectivity index (χ0) is 12.7. The van der Waals surface area contributed by atoms with Gasteiger partial charge in [-0.05, 0) is 18.9 Å². The summed E-state index contributed by atoms with van der Waals surface area (Å²) < 4.78 is 0. The average molecular weight is 247 g/mol. The second-order valence-electron chi connectivity index (χ2n) is 5.20. The summed E-state index contributed by atoms with van der Waals surface area (Å²) >= 11 is 0. The van der Waals surface area contributed by atoms with Gasteiger partial charge in [-0.3, -0.25) is 10.1 Å². The summed E-state index contributed by atoms with van der Waals surface area (Å²) in [4.78, 5) is 12.8. The van der Waals surface area contributed by atoms with E-state index in [4.69, 9.17) is 5.73 Å². The van der Waals surface area contributed by atoms with E-state index in [9.17, 15) is 10.1 Å². The quantitative estimate of drug-likeness (QED) is 0.643. The molecule has 0 aromatic heterocycles. The predicted octanol–water partition coefficient (Wildman–Crippen LogP) is 2.36. The van der Waals surface area contributed by atoms with Crippen LogP contribution < -0.4 is 10.6 Å². The third kappa shape index (κ3) is 1.75. The summed E-state index contributed by atoms with van der Waals surface area (Å²) in [6, 6.07) is 5.55. The molecular formula is C13H17N3O2. The second-order valence-corrected chi connectivity index (χ2v) is 5.20. The molecule has 5 nitrogen and oxygen atoms in total. The van der Waals surface area contributed by atoms with Crippen LogP contribution in [-0.2, 0) is 0 Å². The molecule has 0 bridgehead atoms. The van der Waals surface area contributed by atoms with E-state index in [-0.39, 0.29) is 16.7 Å². The minimum atomic E-state index is -0.356. The molecule has 0 unspecified atom stereocenters. The standard InChI is InChI=1S/C13H17N3O2/c14-12-8-15(9-3-1-2-4-9)13-6-5-10(16(17)18)7-11(12)13/h5-7,9,12H,1-4,8,14H2/t12-/m0/s1. The number of non-ortho nitro benzene ring substituents is 1. The Hall–Kier alpha value is -1.62. The molecule has 1 heterocycles. The van der Waals surface area contributed by atoms with Gasteiger partial charge in [0.1, 0.15) is 0 Å². The molecule has 0 spiro atoms. The van der Waals surface area contributed by atoms with Crippen molar-refractivity contribution in [2.45, 2.75) is 37.8 Å². The SMILES string of the molecule is N[C@H]1CN(C2CCCC2)c2ccc([N+](=O)[O-])cc21. The molecule has 1 aliphatic carbocycles. The van der Waals surface area contributed by atoms with E-state index < -0.39 is 0 Å². The lowest BCUT2D eigenvalue weighted by Crippen LogP contribution is -2.33. The zero-order valence-corrected chi connectivity index (χ0v) is 10.2.